The number of amides is 1. The van der Waals surface area contributed by atoms with E-state index in [1.165, 1.54) is 13.4 Å². The average molecular weight is 522 g/mol. The number of pyridine rings is 1. The lowest BCUT2D eigenvalue weighted by Gasteiger charge is -2.18. The van der Waals surface area contributed by atoms with E-state index < -0.39 is 6.10 Å². The lowest BCUT2D eigenvalue weighted by molar-refractivity contribution is -0.130. The van der Waals surface area contributed by atoms with Crippen molar-refractivity contribution in [2.24, 2.45) is 0 Å². The molecule has 0 aliphatic carbocycles. The van der Waals surface area contributed by atoms with Gasteiger partial charge in [0.25, 0.3) is 0 Å². The second-order valence-corrected chi connectivity index (χ2v) is 8.76. The van der Waals surface area contributed by atoms with Gasteiger partial charge in [0.1, 0.15) is 43.0 Å². The van der Waals surface area contributed by atoms with Crippen LogP contribution in [0.2, 0.25) is 5.02 Å². The first-order valence-corrected chi connectivity index (χ1v) is 12.1. The fourth-order valence-electron chi connectivity index (χ4n) is 3.48. The predicted molar refractivity (Wildman–Crippen MR) is 142 cm³/mol. The quantitative estimate of drug-likeness (QED) is 0.286. The van der Waals surface area contributed by atoms with Crippen molar-refractivity contribution in [2.75, 3.05) is 19.0 Å². The summed E-state index contributed by atoms with van der Waals surface area (Å²) < 4.78 is 16.9. The molecule has 2 aromatic heterocycles. The van der Waals surface area contributed by atoms with E-state index in [1.807, 2.05) is 49.4 Å². The number of halogens is 1. The molecule has 0 fully saturated rings. The second kappa shape index (κ2) is 12.3. The average Bonchev–Trinajstić information content (AvgIpc) is 2.91. The summed E-state index contributed by atoms with van der Waals surface area (Å²) in [5, 5.41) is 7.33. The van der Waals surface area contributed by atoms with Gasteiger partial charge in [-0.15, -0.1) is 0 Å². The van der Waals surface area contributed by atoms with Gasteiger partial charge >= 0.3 is 0 Å². The molecule has 2 aromatic carbocycles. The van der Waals surface area contributed by atoms with Crippen LogP contribution in [-0.4, -0.2) is 46.7 Å². The molecule has 0 spiro atoms. The van der Waals surface area contributed by atoms with Gasteiger partial charge in [-0.05, 0) is 56.3 Å². The molecule has 0 aliphatic heterocycles. The Morgan fingerprint density at radius 1 is 1.00 bits per heavy atom. The molecule has 2 atom stereocenters. The van der Waals surface area contributed by atoms with E-state index in [0.717, 1.165) is 11.4 Å². The fraction of sp³-hybridized carbons (Fsp3) is 0.259. The lowest BCUT2D eigenvalue weighted by atomic mass is 10.2. The van der Waals surface area contributed by atoms with Crippen LogP contribution in [0.4, 0.5) is 11.5 Å². The maximum Gasteiger partial charge on any atom is 0.249 e. The second-order valence-electron chi connectivity index (χ2n) is 8.35. The van der Waals surface area contributed by atoms with Gasteiger partial charge in [0.05, 0.1) is 27.7 Å². The van der Waals surface area contributed by atoms with Gasteiger partial charge in [0.15, 0.2) is 0 Å². The number of nitrogens with one attached hydrogen (secondary N) is 2. The molecule has 0 saturated heterocycles. The monoisotopic (exact) mass is 521 g/mol. The maximum atomic E-state index is 12.1. The van der Waals surface area contributed by atoms with Crippen molar-refractivity contribution < 1.29 is 19.0 Å². The Kier molecular flexibility index (Phi) is 8.71. The molecule has 0 saturated carbocycles. The van der Waals surface area contributed by atoms with Crippen LogP contribution in [0.15, 0.2) is 67.1 Å². The van der Waals surface area contributed by atoms with Crippen molar-refractivity contribution in [1.82, 2.24) is 20.3 Å². The van der Waals surface area contributed by atoms with Crippen LogP contribution < -0.4 is 20.1 Å². The van der Waals surface area contributed by atoms with Crippen LogP contribution in [0.25, 0.3) is 10.9 Å². The highest BCUT2D eigenvalue weighted by Gasteiger charge is 2.16. The summed E-state index contributed by atoms with van der Waals surface area (Å²) in [6.45, 7) is 4.12. The summed E-state index contributed by atoms with van der Waals surface area (Å²) in [5.74, 6) is 1.49. The third-order valence-corrected chi connectivity index (χ3v) is 5.82. The topological polar surface area (TPSA) is 107 Å². The van der Waals surface area contributed by atoms with E-state index in [9.17, 15) is 4.79 Å². The van der Waals surface area contributed by atoms with E-state index >= 15 is 0 Å². The molecular weight excluding hydrogens is 494 g/mol. The van der Waals surface area contributed by atoms with Crippen LogP contribution in [0.3, 0.4) is 0 Å². The van der Waals surface area contributed by atoms with Crippen molar-refractivity contribution >= 4 is 39.9 Å². The summed E-state index contributed by atoms with van der Waals surface area (Å²) >= 11 is 6.48. The van der Waals surface area contributed by atoms with Crippen LogP contribution in [0.5, 0.6) is 11.5 Å². The zero-order valence-corrected chi connectivity index (χ0v) is 21.5. The lowest BCUT2D eigenvalue weighted by Crippen LogP contribution is -2.42. The first kappa shape index (κ1) is 26.1. The summed E-state index contributed by atoms with van der Waals surface area (Å²) in [6, 6.07) is 16.4. The number of methoxy groups -OCH3 is 1. The van der Waals surface area contributed by atoms with Crippen LogP contribution in [0.1, 0.15) is 19.5 Å². The van der Waals surface area contributed by atoms with E-state index in [2.05, 4.69) is 25.6 Å². The Labute approximate surface area is 220 Å². The van der Waals surface area contributed by atoms with E-state index in [4.69, 9.17) is 25.8 Å². The molecule has 2 N–H and O–H groups in total. The van der Waals surface area contributed by atoms with Gasteiger partial charge in [0, 0.05) is 19.0 Å². The highest BCUT2D eigenvalue weighted by atomic mass is 35.5. The smallest absolute Gasteiger partial charge is 0.249 e. The van der Waals surface area contributed by atoms with Gasteiger partial charge in [-0.3, -0.25) is 9.78 Å². The number of carbonyl (C=O) groups is 1. The minimum atomic E-state index is -0.539. The summed E-state index contributed by atoms with van der Waals surface area (Å²) in [6.07, 6.45) is 2.66. The number of anilines is 2. The molecule has 9 nitrogen and oxygen atoms in total. The molecule has 2 heterocycles. The Hall–Kier alpha value is -3.95. The minimum Gasteiger partial charge on any atom is -0.491 e. The summed E-state index contributed by atoms with van der Waals surface area (Å²) in [5.41, 5.74) is 2.24. The van der Waals surface area contributed by atoms with Gasteiger partial charge < -0.3 is 24.8 Å². The Bertz CT molecular complexity index is 1350. The van der Waals surface area contributed by atoms with Crippen molar-refractivity contribution in [3.8, 4) is 11.5 Å². The fourth-order valence-corrected chi connectivity index (χ4v) is 3.72. The SMILES string of the molecule is COC(C)C(=O)N[C@@H](C)COc1cccc2ncnc(Nc3ccc(OCc4ccccn4)c(Cl)c3)c12. The zero-order chi connectivity index (χ0) is 26.2. The number of rotatable bonds is 11. The van der Waals surface area contributed by atoms with E-state index in [-0.39, 0.29) is 18.6 Å². The van der Waals surface area contributed by atoms with E-state index in [0.29, 0.717) is 39.8 Å². The number of hydrogen-bond donors (Lipinski definition) is 2. The number of benzene rings is 2. The van der Waals surface area contributed by atoms with Crippen molar-refractivity contribution in [1.29, 1.82) is 0 Å². The number of hydrogen-bond acceptors (Lipinski definition) is 8. The number of ether oxygens (including phenoxy) is 3. The Balaban J connectivity index is 1.48. The molecule has 4 rings (SSSR count). The van der Waals surface area contributed by atoms with Gasteiger partial charge in [-0.2, -0.15) is 0 Å². The van der Waals surface area contributed by atoms with Crippen molar-refractivity contribution in [2.45, 2.75) is 32.6 Å². The van der Waals surface area contributed by atoms with Crippen molar-refractivity contribution in [3.63, 3.8) is 0 Å². The Morgan fingerprint density at radius 2 is 1.86 bits per heavy atom. The third-order valence-electron chi connectivity index (χ3n) is 5.52. The predicted octanol–water partition coefficient (Wildman–Crippen LogP) is 4.92. The number of fused-ring (bicyclic) bond motifs is 1. The standard InChI is InChI=1S/C27H28ClN5O4/c1-17(32-27(34)18(2)35-3)14-36-24-9-6-8-22-25(24)26(31-16-30-22)33-19-10-11-23(21(28)13-19)37-15-20-7-4-5-12-29-20/h4-13,16-18H,14-15H2,1-3H3,(H,32,34)(H,30,31,33)/t17-,18?/m0/s1. The minimum absolute atomic E-state index is 0.202. The third kappa shape index (κ3) is 6.84. The van der Waals surface area contributed by atoms with Gasteiger partial charge in [0.2, 0.25) is 5.91 Å². The van der Waals surface area contributed by atoms with Crippen LogP contribution in [0, 0.1) is 0 Å². The maximum absolute atomic E-state index is 12.1. The van der Waals surface area contributed by atoms with Gasteiger partial charge in [-0.1, -0.05) is 23.7 Å². The summed E-state index contributed by atoms with van der Waals surface area (Å²) in [7, 11) is 1.49. The molecule has 1 unspecified atom stereocenters. The summed E-state index contributed by atoms with van der Waals surface area (Å²) in [4.78, 5) is 25.1. The first-order valence-electron chi connectivity index (χ1n) is 11.7. The molecule has 37 heavy (non-hydrogen) atoms. The van der Waals surface area contributed by atoms with Crippen LogP contribution >= 0.6 is 11.6 Å². The highest BCUT2D eigenvalue weighted by Crippen LogP contribution is 2.34. The highest BCUT2D eigenvalue weighted by molar-refractivity contribution is 6.32. The van der Waals surface area contributed by atoms with Crippen LogP contribution in [-0.2, 0) is 16.1 Å². The normalized spacial score (nSPS) is 12.5. The molecule has 4 aromatic rings. The number of nitrogens with zero attached hydrogens (tertiary/aromatic N) is 3. The molecule has 1 amide bonds. The van der Waals surface area contributed by atoms with Gasteiger partial charge in [-0.25, -0.2) is 9.97 Å². The number of carbonyl (C=O) groups excluding carboxylic acids is 1. The molecule has 10 heteroatoms. The molecule has 0 bridgehead atoms. The largest absolute Gasteiger partial charge is 0.491 e. The molecule has 192 valence electrons. The molecular formula is C27H28ClN5O4. The zero-order valence-electron chi connectivity index (χ0n) is 20.8. The Morgan fingerprint density at radius 3 is 2.62 bits per heavy atom. The molecule has 0 radical (unpaired) electrons. The van der Waals surface area contributed by atoms with Crippen molar-refractivity contribution in [3.05, 3.63) is 77.8 Å². The number of aromatic nitrogens is 3. The molecule has 0 aliphatic rings. The first-order chi connectivity index (χ1) is 17.9. The van der Waals surface area contributed by atoms with E-state index in [1.54, 1.807) is 25.3 Å².